The average molecular weight is 382 g/mol. The Balaban J connectivity index is 1.92. The van der Waals surface area contributed by atoms with Crippen molar-refractivity contribution >= 4 is 17.1 Å². The fourth-order valence-corrected chi connectivity index (χ4v) is 3.31. The van der Waals surface area contributed by atoms with Crippen molar-refractivity contribution in [1.82, 2.24) is 0 Å². The van der Waals surface area contributed by atoms with Gasteiger partial charge in [0.1, 0.15) is 0 Å². The Kier molecular flexibility index (Phi) is 5.18. The molecule has 0 unspecified atom stereocenters. The number of aryl methyl sites for hydroxylation is 1. The second kappa shape index (κ2) is 7.37. The van der Waals surface area contributed by atoms with Crippen LogP contribution < -0.4 is 0 Å². The molecular formula is C19H11F5OS. The van der Waals surface area contributed by atoms with Gasteiger partial charge in [0.15, 0.2) is 23.3 Å². The topological polar surface area (TPSA) is 17.1 Å². The monoisotopic (exact) mass is 382 g/mol. The van der Waals surface area contributed by atoms with Gasteiger partial charge >= 0.3 is 0 Å². The predicted octanol–water partition coefficient (Wildman–Crippen LogP) is 5.46. The van der Waals surface area contributed by atoms with Gasteiger partial charge in [-0.25, -0.2) is 22.0 Å². The Labute approximate surface area is 149 Å². The number of benzene rings is 2. The first-order chi connectivity index (χ1) is 12.4. The van der Waals surface area contributed by atoms with Gasteiger partial charge in [-0.05, 0) is 29.9 Å². The van der Waals surface area contributed by atoms with Crippen LogP contribution >= 0.6 is 11.3 Å². The number of carbonyl (C=O) groups excluding carboxylic acids is 1. The number of thiophene rings is 1. The number of rotatable bonds is 5. The van der Waals surface area contributed by atoms with Gasteiger partial charge in [0.2, 0.25) is 11.6 Å². The molecule has 7 heteroatoms. The molecule has 3 aromatic rings. The summed E-state index contributed by atoms with van der Waals surface area (Å²) in [5, 5.41) is 1.74. The van der Waals surface area contributed by atoms with E-state index in [1.54, 1.807) is 41.8 Å². The van der Waals surface area contributed by atoms with Crippen molar-refractivity contribution in [2.45, 2.75) is 12.8 Å². The molecule has 0 fully saturated rings. The van der Waals surface area contributed by atoms with Gasteiger partial charge in [-0.3, -0.25) is 4.79 Å². The average Bonchev–Trinajstić information content (AvgIpc) is 3.19. The van der Waals surface area contributed by atoms with E-state index in [0.29, 0.717) is 16.0 Å². The summed E-state index contributed by atoms with van der Waals surface area (Å²) >= 11 is 1.25. The van der Waals surface area contributed by atoms with E-state index >= 15 is 0 Å². The number of hydrogen-bond acceptors (Lipinski definition) is 2. The molecule has 134 valence electrons. The maximum absolute atomic E-state index is 13.8. The third-order valence-electron chi connectivity index (χ3n) is 3.95. The van der Waals surface area contributed by atoms with Crippen LogP contribution in [0.2, 0.25) is 0 Å². The molecule has 3 rings (SSSR count). The van der Waals surface area contributed by atoms with E-state index in [9.17, 15) is 26.7 Å². The zero-order valence-corrected chi connectivity index (χ0v) is 14.0. The second-order valence-electron chi connectivity index (χ2n) is 5.51. The fourth-order valence-electron chi connectivity index (χ4n) is 2.63. The standard InChI is InChI=1S/C19H11F5OS/c20-14-12(15(21)17(23)18(24)16(14)22)8-7-10-4-1-2-5-11(10)19(25)13-6-3-9-26-13/h1-6,9H,7-8H2. The van der Waals surface area contributed by atoms with Gasteiger partial charge in [0.05, 0.1) is 4.88 Å². The van der Waals surface area contributed by atoms with Crippen LogP contribution in [-0.4, -0.2) is 5.78 Å². The zero-order valence-electron chi connectivity index (χ0n) is 13.2. The van der Waals surface area contributed by atoms with Gasteiger partial charge in [-0.15, -0.1) is 11.3 Å². The fraction of sp³-hybridized carbons (Fsp3) is 0.105. The highest BCUT2D eigenvalue weighted by Crippen LogP contribution is 2.25. The van der Waals surface area contributed by atoms with Crippen molar-refractivity contribution in [3.63, 3.8) is 0 Å². The van der Waals surface area contributed by atoms with Crippen LogP contribution in [0.15, 0.2) is 41.8 Å². The highest BCUT2D eigenvalue weighted by molar-refractivity contribution is 7.12. The molecule has 0 spiro atoms. The first-order valence-corrected chi connectivity index (χ1v) is 8.46. The van der Waals surface area contributed by atoms with Gasteiger partial charge < -0.3 is 0 Å². The molecule has 2 aromatic carbocycles. The highest BCUT2D eigenvalue weighted by atomic mass is 32.1. The minimum atomic E-state index is -2.18. The van der Waals surface area contributed by atoms with Crippen molar-refractivity contribution in [3.8, 4) is 0 Å². The van der Waals surface area contributed by atoms with Gasteiger partial charge in [0, 0.05) is 11.1 Å². The largest absolute Gasteiger partial charge is 0.288 e. The van der Waals surface area contributed by atoms with Crippen LogP contribution in [0.5, 0.6) is 0 Å². The Morgan fingerprint density at radius 2 is 1.38 bits per heavy atom. The summed E-state index contributed by atoms with van der Waals surface area (Å²) in [6.45, 7) is 0. The van der Waals surface area contributed by atoms with Crippen LogP contribution in [-0.2, 0) is 12.8 Å². The molecular weight excluding hydrogens is 371 g/mol. The first-order valence-electron chi connectivity index (χ1n) is 7.58. The molecule has 0 bridgehead atoms. The lowest BCUT2D eigenvalue weighted by atomic mass is 9.96. The molecule has 0 saturated carbocycles. The quantitative estimate of drug-likeness (QED) is 0.248. The van der Waals surface area contributed by atoms with E-state index in [1.807, 2.05) is 0 Å². The number of halogens is 5. The molecule has 1 aromatic heterocycles. The molecule has 0 radical (unpaired) electrons. The van der Waals surface area contributed by atoms with Crippen LogP contribution in [0.1, 0.15) is 26.4 Å². The summed E-state index contributed by atoms with van der Waals surface area (Å²) in [5.74, 6) is -10.1. The summed E-state index contributed by atoms with van der Waals surface area (Å²) in [6.07, 6.45) is -0.480. The van der Waals surface area contributed by atoms with E-state index in [-0.39, 0.29) is 12.2 Å². The molecule has 0 aliphatic heterocycles. The number of hydrogen-bond donors (Lipinski definition) is 0. The van der Waals surface area contributed by atoms with Crippen LogP contribution in [0.25, 0.3) is 0 Å². The minimum Gasteiger partial charge on any atom is -0.288 e. The molecule has 0 N–H and O–H groups in total. The van der Waals surface area contributed by atoms with E-state index in [4.69, 9.17) is 0 Å². The Morgan fingerprint density at radius 3 is 2.00 bits per heavy atom. The maximum atomic E-state index is 13.8. The molecule has 26 heavy (non-hydrogen) atoms. The van der Waals surface area contributed by atoms with Crippen molar-refractivity contribution in [1.29, 1.82) is 0 Å². The molecule has 0 atom stereocenters. The Hall–Kier alpha value is -2.54. The lowest BCUT2D eigenvalue weighted by Gasteiger charge is -2.10. The first kappa shape index (κ1) is 18.3. The van der Waals surface area contributed by atoms with Gasteiger partial charge in [-0.2, -0.15) is 0 Å². The van der Waals surface area contributed by atoms with E-state index in [1.165, 1.54) is 11.3 Å². The van der Waals surface area contributed by atoms with Crippen LogP contribution in [0, 0.1) is 29.1 Å². The molecule has 0 amide bonds. The summed E-state index contributed by atoms with van der Waals surface area (Å²) in [4.78, 5) is 13.0. The van der Waals surface area contributed by atoms with E-state index < -0.39 is 41.1 Å². The van der Waals surface area contributed by atoms with Crippen molar-refractivity contribution in [2.75, 3.05) is 0 Å². The van der Waals surface area contributed by atoms with Crippen molar-refractivity contribution in [2.24, 2.45) is 0 Å². The third-order valence-corrected chi connectivity index (χ3v) is 4.82. The molecule has 0 aliphatic rings. The van der Waals surface area contributed by atoms with Gasteiger partial charge in [-0.1, -0.05) is 30.3 Å². The van der Waals surface area contributed by atoms with Crippen LogP contribution in [0.4, 0.5) is 22.0 Å². The Morgan fingerprint density at radius 1 is 0.769 bits per heavy atom. The van der Waals surface area contributed by atoms with E-state index in [0.717, 1.165) is 0 Å². The lowest BCUT2D eigenvalue weighted by Crippen LogP contribution is -2.10. The normalized spacial score (nSPS) is 11.0. The summed E-state index contributed by atoms with van der Waals surface area (Å²) in [7, 11) is 0. The maximum Gasteiger partial charge on any atom is 0.203 e. The van der Waals surface area contributed by atoms with Gasteiger partial charge in [0.25, 0.3) is 0 Å². The number of ketones is 1. The molecule has 1 nitrogen and oxygen atoms in total. The minimum absolute atomic E-state index is 0.0500. The summed E-state index contributed by atoms with van der Waals surface area (Å²) in [5.41, 5.74) is -0.0894. The second-order valence-corrected chi connectivity index (χ2v) is 6.46. The predicted molar refractivity (Wildman–Crippen MR) is 87.8 cm³/mol. The van der Waals surface area contributed by atoms with Crippen LogP contribution in [0.3, 0.4) is 0 Å². The summed E-state index contributed by atoms with van der Waals surface area (Å²) < 4.78 is 67.3. The lowest BCUT2D eigenvalue weighted by molar-refractivity contribution is 0.104. The van der Waals surface area contributed by atoms with E-state index in [2.05, 4.69) is 0 Å². The van der Waals surface area contributed by atoms with Crippen molar-refractivity contribution in [3.05, 3.63) is 92.4 Å². The Bertz CT molecular complexity index is 937. The smallest absolute Gasteiger partial charge is 0.203 e. The molecule has 0 saturated heterocycles. The molecule has 1 heterocycles. The SMILES string of the molecule is O=C(c1cccs1)c1ccccc1CCc1c(F)c(F)c(F)c(F)c1F. The summed E-state index contributed by atoms with van der Waals surface area (Å²) in [6, 6.07) is 9.80. The highest BCUT2D eigenvalue weighted by Gasteiger charge is 2.25. The zero-order chi connectivity index (χ0) is 18.8. The third kappa shape index (κ3) is 3.26. The van der Waals surface area contributed by atoms with Crippen molar-refractivity contribution < 1.29 is 26.7 Å². The molecule has 0 aliphatic carbocycles. The number of carbonyl (C=O) groups is 1.